The zero-order valence-electron chi connectivity index (χ0n) is 16.1. The fourth-order valence-electron chi connectivity index (χ4n) is 3.65. The summed E-state index contributed by atoms with van der Waals surface area (Å²) in [5, 5.41) is 14.4. The number of hydrogen-bond acceptors (Lipinski definition) is 6. The largest absolute Gasteiger partial charge is 0.522 e. The highest BCUT2D eigenvalue weighted by molar-refractivity contribution is 5.90. The van der Waals surface area contributed by atoms with Crippen molar-refractivity contribution in [2.75, 3.05) is 18.4 Å². The summed E-state index contributed by atoms with van der Waals surface area (Å²) in [5.41, 5.74) is 2.26. The third kappa shape index (κ3) is 4.98. The van der Waals surface area contributed by atoms with E-state index >= 15 is 0 Å². The molecule has 0 spiro atoms. The van der Waals surface area contributed by atoms with E-state index in [4.69, 9.17) is 0 Å². The summed E-state index contributed by atoms with van der Waals surface area (Å²) >= 11 is 0. The van der Waals surface area contributed by atoms with E-state index in [0.29, 0.717) is 43.9 Å². The second-order valence-corrected chi connectivity index (χ2v) is 7.25. The van der Waals surface area contributed by atoms with Crippen LogP contribution < -0.4 is 5.32 Å². The number of nitrogens with zero attached hydrogens (tertiary/aromatic N) is 3. The van der Waals surface area contributed by atoms with E-state index in [1.54, 1.807) is 12.1 Å². The maximum absolute atomic E-state index is 12.4. The average Bonchev–Trinajstić information content (AvgIpc) is 2.71. The minimum atomic E-state index is -4.60. The second kappa shape index (κ2) is 8.45. The topological polar surface area (TPSA) is 70.5 Å². The monoisotopic (exact) mass is 418 g/mol. The molecule has 158 valence electrons. The summed E-state index contributed by atoms with van der Waals surface area (Å²) < 4.78 is 41.2. The van der Waals surface area contributed by atoms with Gasteiger partial charge in [0.15, 0.2) is 0 Å². The molecule has 3 aromatic rings. The molecule has 0 aliphatic carbocycles. The fraction of sp³-hybridized carbons (Fsp3) is 0.333. The van der Waals surface area contributed by atoms with Crippen LogP contribution in [0.3, 0.4) is 0 Å². The Morgan fingerprint density at radius 3 is 2.63 bits per heavy atom. The Morgan fingerprint density at radius 1 is 1.10 bits per heavy atom. The molecular weight excluding hydrogens is 397 g/mol. The van der Waals surface area contributed by atoms with Crippen LogP contribution >= 0.6 is 0 Å². The molecule has 0 saturated carbocycles. The predicted octanol–water partition coefficient (Wildman–Crippen LogP) is 4.58. The Balaban J connectivity index is 1.44. The number of anilines is 2. The quantitative estimate of drug-likeness (QED) is 0.591. The Hall–Kier alpha value is -2.91. The lowest BCUT2D eigenvalue weighted by atomic mass is 10.1. The molecule has 9 heteroatoms. The molecule has 0 radical (unpaired) electrons. The van der Waals surface area contributed by atoms with Crippen molar-refractivity contribution in [2.45, 2.75) is 31.9 Å². The van der Waals surface area contributed by atoms with Crippen LogP contribution in [0.25, 0.3) is 10.9 Å². The van der Waals surface area contributed by atoms with Crippen LogP contribution in [0.15, 0.2) is 48.8 Å². The molecule has 0 bridgehead atoms. The van der Waals surface area contributed by atoms with E-state index < -0.39 is 12.5 Å². The number of ether oxygens (including phenoxy) is 1. The molecule has 1 saturated heterocycles. The SMILES string of the molecule is Oc1ccc(Nc2ncnc3ccccc23)cc1CN1CCC(OC(F)(F)F)CC1. The molecule has 30 heavy (non-hydrogen) atoms. The number of benzene rings is 2. The van der Waals surface area contributed by atoms with Crippen molar-refractivity contribution in [1.29, 1.82) is 0 Å². The zero-order valence-corrected chi connectivity index (χ0v) is 16.1. The number of phenolic OH excluding ortho intramolecular Hbond substituents is 1. The van der Waals surface area contributed by atoms with E-state index in [0.717, 1.165) is 16.6 Å². The van der Waals surface area contributed by atoms with Gasteiger partial charge in [-0.2, -0.15) is 0 Å². The first-order valence-electron chi connectivity index (χ1n) is 9.63. The average molecular weight is 418 g/mol. The number of likely N-dealkylation sites (tertiary alicyclic amines) is 1. The van der Waals surface area contributed by atoms with Crippen molar-refractivity contribution in [1.82, 2.24) is 14.9 Å². The van der Waals surface area contributed by atoms with Gasteiger partial charge in [0.2, 0.25) is 0 Å². The van der Waals surface area contributed by atoms with Gasteiger partial charge in [0.1, 0.15) is 17.9 Å². The summed E-state index contributed by atoms with van der Waals surface area (Å²) in [6.45, 7) is 1.37. The standard InChI is InChI=1S/C21H21F3N4O2/c22-21(23,24)30-16-7-9-28(10-8-16)12-14-11-15(5-6-19(14)29)27-20-17-3-1-2-4-18(17)25-13-26-20/h1-6,11,13,16,29H,7-10,12H2,(H,25,26,27). The van der Waals surface area contributed by atoms with E-state index in [9.17, 15) is 18.3 Å². The van der Waals surface area contributed by atoms with Crippen LogP contribution in [0.4, 0.5) is 24.7 Å². The van der Waals surface area contributed by atoms with Crippen molar-refractivity contribution in [3.05, 3.63) is 54.4 Å². The van der Waals surface area contributed by atoms with Gasteiger partial charge in [-0.25, -0.2) is 9.97 Å². The van der Waals surface area contributed by atoms with Gasteiger partial charge in [-0.1, -0.05) is 12.1 Å². The number of halogens is 3. The highest BCUT2D eigenvalue weighted by Gasteiger charge is 2.35. The number of hydrogen-bond donors (Lipinski definition) is 2. The summed E-state index contributed by atoms with van der Waals surface area (Å²) in [7, 11) is 0. The summed E-state index contributed by atoms with van der Waals surface area (Å²) in [5.74, 6) is 0.795. The van der Waals surface area contributed by atoms with Crippen LogP contribution in [0, 0.1) is 0 Å². The molecule has 2 N–H and O–H groups in total. The van der Waals surface area contributed by atoms with Crippen LogP contribution in [0.1, 0.15) is 18.4 Å². The van der Waals surface area contributed by atoms with Crippen molar-refractivity contribution in [2.24, 2.45) is 0 Å². The highest BCUT2D eigenvalue weighted by atomic mass is 19.4. The number of nitrogens with one attached hydrogen (secondary N) is 1. The first kappa shape index (κ1) is 20.4. The minimum absolute atomic E-state index is 0.141. The molecule has 1 aliphatic rings. The first-order chi connectivity index (χ1) is 14.4. The minimum Gasteiger partial charge on any atom is -0.508 e. The number of phenols is 1. The van der Waals surface area contributed by atoms with Gasteiger partial charge in [0, 0.05) is 36.3 Å². The van der Waals surface area contributed by atoms with E-state index in [-0.39, 0.29) is 5.75 Å². The van der Waals surface area contributed by atoms with Crippen molar-refractivity contribution < 1.29 is 23.0 Å². The first-order valence-corrected chi connectivity index (χ1v) is 9.63. The van der Waals surface area contributed by atoms with Gasteiger partial charge in [-0.3, -0.25) is 9.64 Å². The number of rotatable bonds is 5. The number of aromatic nitrogens is 2. The molecular formula is C21H21F3N4O2. The fourth-order valence-corrected chi connectivity index (χ4v) is 3.65. The number of alkyl halides is 3. The molecule has 2 heterocycles. The molecule has 1 aliphatic heterocycles. The maximum atomic E-state index is 12.4. The maximum Gasteiger partial charge on any atom is 0.522 e. The number of aromatic hydroxyl groups is 1. The molecule has 0 unspecified atom stereocenters. The lowest BCUT2D eigenvalue weighted by molar-refractivity contribution is -0.345. The van der Waals surface area contributed by atoms with Gasteiger partial charge in [-0.15, -0.1) is 13.2 Å². The number of para-hydroxylation sites is 1. The molecule has 1 fully saturated rings. The van der Waals surface area contributed by atoms with Crippen molar-refractivity contribution >= 4 is 22.4 Å². The van der Waals surface area contributed by atoms with E-state index in [1.165, 1.54) is 6.33 Å². The van der Waals surface area contributed by atoms with Crippen LogP contribution in [0.2, 0.25) is 0 Å². The van der Waals surface area contributed by atoms with Crippen LogP contribution in [-0.2, 0) is 11.3 Å². The smallest absolute Gasteiger partial charge is 0.508 e. The predicted molar refractivity (Wildman–Crippen MR) is 106 cm³/mol. The lowest BCUT2D eigenvalue weighted by Crippen LogP contribution is -2.38. The Bertz CT molecular complexity index is 1020. The molecule has 0 amide bonds. The summed E-state index contributed by atoms with van der Waals surface area (Å²) in [4.78, 5) is 10.6. The van der Waals surface area contributed by atoms with Gasteiger partial charge in [-0.05, 0) is 43.2 Å². The van der Waals surface area contributed by atoms with Gasteiger partial charge in [0.25, 0.3) is 0 Å². The lowest BCUT2D eigenvalue weighted by Gasteiger charge is -2.32. The summed E-state index contributed by atoms with van der Waals surface area (Å²) in [6, 6.07) is 12.8. The van der Waals surface area contributed by atoms with E-state index in [2.05, 4.69) is 20.0 Å². The zero-order chi connectivity index (χ0) is 21.1. The molecule has 2 aromatic carbocycles. The molecule has 6 nitrogen and oxygen atoms in total. The van der Waals surface area contributed by atoms with Crippen molar-refractivity contribution in [3.63, 3.8) is 0 Å². The third-order valence-electron chi connectivity index (χ3n) is 5.11. The Morgan fingerprint density at radius 2 is 1.87 bits per heavy atom. The Labute approximate surface area is 171 Å². The number of fused-ring (bicyclic) bond motifs is 1. The third-order valence-corrected chi connectivity index (χ3v) is 5.11. The van der Waals surface area contributed by atoms with Gasteiger partial charge >= 0.3 is 6.36 Å². The Kier molecular flexibility index (Phi) is 5.74. The van der Waals surface area contributed by atoms with Gasteiger partial charge in [0.05, 0.1) is 11.6 Å². The van der Waals surface area contributed by atoms with Crippen molar-refractivity contribution in [3.8, 4) is 5.75 Å². The van der Waals surface area contributed by atoms with E-state index in [1.807, 2.05) is 35.2 Å². The molecule has 4 rings (SSSR count). The molecule has 1 aromatic heterocycles. The van der Waals surface area contributed by atoms with Crippen LogP contribution in [-0.4, -0.2) is 45.5 Å². The number of piperidine rings is 1. The normalized spacial score (nSPS) is 16.1. The second-order valence-electron chi connectivity index (χ2n) is 7.25. The van der Waals surface area contributed by atoms with Gasteiger partial charge < -0.3 is 10.4 Å². The van der Waals surface area contributed by atoms with Crippen LogP contribution in [0.5, 0.6) is 5.75 Å². The molecule has 0 atom stereocenters. The summed E-state index contributed by atoms with van der Waals surface area (Å²) in [6.07, 6.45) is -3.33. The highest BCUT2D eigenvalue weighted by Crippen LogP contribution is 2.29.